The molecule has 0 atom stereocenters. The van der Waals surface area contributed by atoms with Gasteiger partial charge < -0.3 is 10.1 Å². The van der Waals surface area contributed by atoms with Crippen LogP contribution in [0.2, 0.25) is 0 Å². The van der Waals surface area contributed by atoms with Crippen molar-refractivity contribution >= 4 is 15.9 Å². The van der Waals surface area contributed by atoms with Crippen LogP contribution in [0.15, 0.2) is 40.9 Å². The number of hydrogen-bond donors (Lipinski definition) is 1. The number of ether oxygens (including phenoxy) is 1. The van der Waals surface area contributed by atoms with Crippen LogP contribution in [0.3, 0.4) is 0 Å². The zero-order valence-corrected chi connectivity index (χ0v) is 14.5. The fourth-order valence-electron chi connectivity index (χ4n) is 2.10. The first kappa shape index (κ1) is 16.1. The van der Waals surface area contributed by atoms with E-state index in [1.807, 2.05) is 12.1 Å². The van der Waals surface area contributed by atoms with Crippen LogP contribution < -0.4 is 10.1 Å². The highest BCUT2D eigenvalue weighted by atomic mass is 79.9. The van der Waals surface area contributed by atoms with E-state index in [0.29, 0.717) is 6.61 Å². The quantitative estimate of drug-likeness (QED) is 0.813. The van der Waals surface area contributed by atoms with Crippen LogP contribution in [0.5, 0.6) is 5.75 Å². The van der Waals surface area contributed by atoms with Crippen molar-refractivity contribution in [2.45, 2.75) is 33.9 Å². The Hall–Kier alpha value is -1.32. The summed E-state index contributed by atoms with van der Waals surface area (Å²) in [7, 11) is 0. The Morgan fingerprint density at radius 3 is 2.57 bits per heavy atom. The molecule has 0 unspecified atom stereocenters. The van der Waals surface area contributed by atoms with Crippen LogP contribution in [0.25, 0.3) is 0 Å². The monoisotopic (exact) mass is 347 g/mol. The molecule has 0 aliphatic carbocycles. The minimum absolute atomic E-state index is 0.601. The third-order valence-corrected chi connectivity index (χ3v) is 4.33. The molecule has 112 valence electrons. The lowest BCUT2D eigenvalue weighted by Gasteiger charge is -2.11. The predicted octanol–water partition coefficient (Wildman–Crippen LogP) is 4.75. The van der Waals surface area contributed by atoms with Gasteiger partial charge in [-0.05, 0) is 60.8 Å². The topological polar surface area (TPSA) is 21.3 Å². The zero-order valence-electron chi connectivity index (χ0n) is 12.9. The molecule has 3 heteroatoms. The Balaban J connectivity index is 2.03. The molecule has 0 aliphatic heterocycles. The summed E-state index contributed by atoms with van der Waals surface area (Å²) in [5.74, 6) is 0.907. The van der Waals surface area contributed by atoms with E-state index in [0.717, 1.165) is 23.3 Å². The highest BCUT2D eigenvalue weighted by Crippen LogP contribution is 2.23. The van der Waals surface area contributed by atoms with E-state index < -0.39 is 0 Å². The molecule has 0 radical (unpaired) electrons. The lowest BCUT2D eigenvalue weighted by atomic mass is 10.1. The zero-order chi connectivity index (χ0) is 15.2. The van der Waals surface area contributed by atoms with Crippen LogP contribution >= 0.6 is 15.9 Å². The van der Waals surface area contributed by atoms with E-state index in [-0.39, 0.29) is 0 Å². The molecule has 0 aromatic heterocycles. The van der Waals surface area contributed by atoms with Gasteiger partial charge in [-0.2, -0.15) is 0 Å². The summed E-state index contributed by atoms with van der Waals surface area (Å²) in [4.78, 5) is 0. The molecule has 2 rings (SSSR count). The summed E-state index contributed by atoms with van der Waals surface area (Å²) in [5.41, 5.74) is 5.04. The molecular weight excluding hydrogens is 326 g/mol. The maximum atomic E-state index is 5.91. The second kappa shape index (κ2) is 7.62. The van der Waals surface area contributed by atoms with Crippen molar-refractivity contribution in [3.8, 4) is 5.75 Å². The van der Waals surface area contributed by atoms with Crippen molar-refractivity contribution in [1.29, 1.82) is 0 Å². The molecule has 2 nitrogen and oxygen atoms in total. The summed E-state index contributed by atoms with van der Waals surface area (Å²) < 4.78 is 7.03. The van der Waals surface area contributed by atoms with Gasteiger partial charge in [-0.25, -0.2) is 0 Å². The molecule has 0 fully saturated rings. The predicted molar refractivity (Wildman–Crippen MR) is 91.8 cm³/mol. The molecule has 2 aromatic rings. The number of rotatable bonds is 6. The SMILES string of the molecule is CCNCc1cc(OCc2ccc(C)c(C)c2)ccc1Br. The number of nitrogens with one attached hydrogen (secondary N) is 1. The standard InChI is InChI=1S/C18H22BrNO/c1-4-20-11-16-10-17(7-8-18(16)19)21-12-15-6-5-13(2)14(3)9-15/h5-10,20H,4,11-12H2,1-3H3. The van der Waals surface area contributed by atoms with Gasteiger partial charge in [-0.15, -0.1) is 0 Å². The van der Waals surface area contributed by atoms with E-state index in [1.54, 1.807) is 0 Å². The Labute approximate surface area is 135 Å². The fourth-order valence-corrected chi connectivity index (χ4v) is 2.48. The van der Waals surface area contributed by atoms with Crippen molar-refractivity contribution in [2.24, 2.45) is 0 Å². The average molecular weight is 348 g/mol. The second-order valence-electron chi connectivity index (χ2n) is 5.24. The molecule has 21 heavy (non-hydrogen) atoms. The smallest absolute Gasteiger partial charge is 0.120 e. The van der Waals surface area contributed by atoms with E-state index in [4.69, 9.17) is 4.74 Å². The molecule has 1 N–H and O–H groups in total. The normalized spacial score (nSPS) is 10.7. The number of benzene rings is 2. The van der Waals surface area contributed by atoms with Gasteiger partial charge in [0.05, 0.1) is 0 Å². The van der Waals surface area contributed by atoms with Gasteiger partial charge in [0, 0.05) is 11.0 Å². The molecular formula is C18H22BrNO. The van der Waals surface area contributed by atoms with Crippen LogP contribution in [0, 0.1) is 13.8 Å². The van der Waals surface area contributed by atoms with Gasteiger partial charge in [0.2, 0.25) is 0 Å². The number of aryl methyl sites for hydroxylation is 2. The highest BCUT2D eigenvalue weighted by molar-refractivity contribution is 9.10. The highest BCUT2D eigenvalue weighted by Gasteiger charge is 2.03. The van der Waals surface area contributed by atoms with Crippen molar-refractivity contribution in [1.82, 2.24) is 5.32 Å². The van der Waals surface area contributed by atoms with Crippen molar-refractivity contribution < 1.29 is 4.74 Å². The summed E-state index contributed by atoms with van der Waals surface area (Å²) in [6, 6.07) is 12.6. The van der Waals surface area contributed by atoms with E-state index in [1.165, 1.54) is 22.3 Å². The lowest BCUT2D eigenvalue weighted by molar-refractivity contribution is 0.305. The van der Waals surface area contributed by atoms with Gasteiger partial charge in [0.15, 0.2) is 0 Å². The molecule has 0 spiro atoms. The van der Waals surface area contributed by atoms with Gasteiger partial charge in [-0.3, -0.25) is 0 Å². The molecule has 0 bridgehead atoms. The maximum absolute atomic E-state index is 5.91. The van der Waals surface area contributed by atoms with Crippen LogP contribution in [0.4, 0.5) is 0 Å². The maximum Gasteiger partial charge on any atom is 0.120 e. The van der Waals surface area contributed by atoms with Gasteiger partial charge >= 0.3 is 0 Å². The average Bonchev–Trinajstić information content (AvgIpc) is 2.48. The first-order chi connectivity index (χ1) is 10.1. The van der Waals surface area contributed by atoms with Crippen molar-refractivity contribution in [3.63, 3.8) is 0 Å². The largest absolute Gasteiger partial charge is 0.489 e. The van der Waals surface area contributed by atoms with E-state index in [2.05, 4.69) is 66.3 Å². The van der Waals surface area contributed by atoms with Crippen LogP contribution in [-0.4, -0.2) is 6.54 Å². The number of halogens is 1. The minimum Gasteiger partial charge on any atom is -0.489 e. The van der Waals surface area contributed by atoms with Crippen LogP contribution in [0.1, 0.15) is 29.2 Å². The summed E-state index contributed by atoms with van der Waals surface area (Å²) in [5, 5.41) is 3.33. The van der Waals surface area contributed by atoms with Crippen molar-refractivity contribution in [2.75, 3.05) is 6.54 Å². The molecule has 0 saturated heterocycles. The molecule has 0 amide bonds. The second-order valence-corrected chi connectivity index (χ2v) is 6.10. The van der Waals surface area contributed by atoms with E-state index >= 15 is 0 Å². The molecule has 0 aliphatic rings. The Bertz CT molecular complexity index is 610. The Morgan fingerprint density at radius 1 is 1.05 bits per heavy atom. The Kier molecular flexibility index (Phi) is 5.83. The summed E-state index contributed by atoms with van der Waals surface area (Å²) in [6.45, 7) is 8.77. The molecule has 0 saturated carbocycles. The van der Waals surface area contributed by atoms with Crippen LogP contribution in [-0.2, 0) is 13.2 Å². The summed E-state index contributed by atoms with van der Waals surface area (Å²) in [6.07, 6.45) is 0. The Morgan fingerprint density at radius 2 is 1.86 bits per heavy atom. The van der Waals surface area contributed by atoms with Gasteiger partial charge in [0.1, 0.15) is 12.4 Å². The van der Waals surface area contributed by atoms with Gasteiger partial charge in [-0.1, -0.05) is 41.1 Å². The molecule has 0 heterocycles. The summed E-state index contributed by atoms with van der Waals surface area (Å²) >= 11 is 3.58. The lowest BCUT2D eigenvalue weighted by Crippen LogP contribution is -2.12. The fraction of sp³-hybridized carbons (Fsp3) is 0.333. The first-order valence-corrected chi connectivity index (χ1v) is 8.07. The van der Waals surface area contributed by atoms with Gasteiger partial charge in [0.25, 0.3) is 0 Å². The molecule has 2 aromatic carbocycles. The first-order valence-electron chi connectivity index (χ1n) is 7.28. The third-order valence-electron chi connectivity index (χ3n) is 3.56. The number of hydrogen-bond acceptors (Lipinski definition) is 2. The minimum atomic E-state index is 0.601. The third kappa shape index (κ3) is 4.58. The van der Waals surface area contributed by atoms with E-state index in [9.17, 15) is 0 Å². The van der Waals surface area contributed by atoms with Crippen molar-refractivity contribution in [3.05, 3.63) is 63.1 Å².